The number of H-pyrrole nitrogens is 1. The van der Waals surface area contributed by atoms with Crippen LogP contribution in [0.2, 0.25) is 0 Å². The first kappa shape index (κ1) is 21.1. The fourth-order valence-electron chi connectivity index (χ4n) is 2.82. The predicted octanol–water partition coefficient (Wildman–Crippen LogP) is 3.69. The number of anilines is 2. The second kappa shape index (κ2) is 10.3. The van der Waals surface area contributed by atoms with E-state index in [2.05, 4.69) is 25.6 Å². The van der Waals surface area contributed by atoms with Gasteiger partial charge in [-0.05, 0) is 60.6 Å². The topological polar surface area (TPSA) is 93.2 Å². The molecule has 3 N–H and O–H groups in total. The number of benzene rings is 2. The van der Waals surface area contributed by atoms with Gasteiger partial charge in [0.15, 0.2) is 11.5 Å². The van der Waals surface area contributed by atoms with E-state index in [-0.39, 0.29) is 12.7 Å². The SMILES string of the molecule is CNc1ccc(OCNc2cccc(-n3cn[nH]c3=S)c2)cc1C/C=C/C(=O)OC. The molecule has 1 heterocycles. The molecule has 0 radical (unpaired) electrons. The fraction of sp³-hybridized carbons (Fsp3) is 0.190. The maximum absolute atomic E-state index is 11.2. The lowest BCUT2D eigenvalue weighted by atomic mass is 10.1. The number of ether oxygens (including phenoxy) is 2. The molecule has 0 aliphatic rings. The zero-order chi connectivity index (χ0) is 21.3. The molecule has 0 aliphatic carbocycles. The van der Waals surface area contributed by atoms with Gasteiger partial charge in [0, 0.05) is 24.5 Å². The van der Waals surface area contributed by atoms with Gasteiger partial charge in [0.1, 0.15) is 12.1 Å². The normalized spacial score (nSPS) is 10.7. The smallest absolute Gasteiger partial charge is 0.330 e. The molecule has 3 aromatic rings. The molecular formula is C21H23N5O3S. The molecule has 0 fully saturated rings. The summed E-state index contributed by atoms with van der Waals surface area (Å²) in [6.45, 7) is 0.288. The molecule has 0 saturated heterocycles. The molecule has 0 bridgehead atoms. The number of aromatic nitrogens is 3. The van der Waals surface area contributed by atoms with Gasteiger partial charge in [0.05, 0.1) is 12.8 Å². The third-order valence-electron chi connectivity index (χ3n) is 4.33. The monoisotopic (exact) mass is 425 g/mol. The van der Waals surface area contributed by atoms with E-state index in [1.807, 2.05) is 49.5 Å². The third kappa shape index (κ3) is 5.48. The Hall–Kier alpha value is -3.59. The van der Waals surface area contributed by atoms with Crippen LogP contribution in [0.3, 0.4) is 0 Å². The van der Waals surface area contributed by atoms with Gasteiger partial charge in [-0.25, -0.2) is 4.79 Å². The molecular weight excluding hydrogens is 402 g/mol. The van der Waals surface area contributed by atoms with Gasteiger partial charge in [-0.3, -0.25) is 9.67 Å². The van der Waals surface area contributed by atoms with Crippen molar-refractivity contribution in [1.82, 2.24) is 14.8 Å². The van der Waals surface area contributed by atoms with Gasteiger partial charge in [-0.1, -0.05) is 12.1 Å². The van der Waals surface area contributed by atoms with Crippen LogP contribution in [0.5, 0.6) is 5.75 Å². The van der Waals surface area contributed by atoms with Crippen molar-refractivity contribution in [2.24, 2.45) is 0 Å². The summed E-state index contributed by atoms with van der Waals surface area (Å²) in [5.74, 6) is 0.341. The Morgan fingerprint density at radius 1 is 1.30 bits per heavy atom. The summed E-state index contributed by atoms with van der Waals surface area (Å²) in [6, 6.07) is 13.6. The van der Waals surface area contributed by atoms with Crippen LogP contribution < -0.4 is 15.4 Å². The first-order valence-corrected chi connectivity index (χ1v) is 9.66. The molecule has 0 amide bonds. The quantitative estimate of drug-likeness (QED) is 0.208. The lowest BCUT2D eigenvalue weighted by Gasteiger charge is -2.13. The molecule has 1 aromatic heterocycles. The maximum Gasteiger partial charge on any atom is 0.330 e. The summed E-state index contributed by atoms with van der Waals surface area (Å²) >= 11 is 5.21. The second-order valence-corrected chi connectivity index (χ2v) is 6.63. The van der Waals surface area contributed by atoms with E-state index in [1.165, 1.54) is 13.2 Å². The van der Waals surface area contributed by atoms with Crippen molar-refractivity contribution in [2.45, 2.75) is 6.42 Å². The lowest BCUT2D eigenvalue weighted by molar-refractivity contribution is -0.134. The van der Waals surface area contributed by atoms with Crippen LogP contribution in [0.4, 0.5) is 11.4 Å². The minimum Gasteiger partial charge on any atom is -0.473 e. The van der Waals surface area contributed by atoms with E-state index in [1.54, 1.807) is 17.0 Å². The summed E-state index contributed by atoms with van der Waals surface area (Å²) < 4.78 is 12.8. The number of hydrogen-bond donors (Lipinski definition) is 3. The molecule has 0 unspecified atom stereocenters. The first-order valence-electron chi connectivity index (χ1n) is 9.25. The van der Waals surface area contributed by atoms with Crippen LogP contribution in [0.15, 0.2) is 60.9 Å². The number of nitrogens with one attached hydrogen (secondary N) is 3. The van der Waals surface area contributed by atoms with Gasteiger partial charge in [-0.15, -0.1) is 0 Å². The van der Waals surface area contributed by atoms with Gasteiger partial charge in [-0.2, -0.15) is 5.10 Å². The Bertz CT molecular complexity index is 1090. The van der Waals surface area contributed by atoms with Gasteiger partial charge < -0.3 is 20.1 Å². The van der Waals surface area contributed by atoms with Crippen molar-refractivity contribution < 1.29 is 14.3 Å². The summed E-state index contributed by atoms with van der Waals surface area (Å²) in [5, 5.41) is 13.1. The zero-order valence-corrected chi connectivity index (χ0v) is 17.5. The predicted molar refractivity (Wildman–Crippen MR) is 119 cm³/mol. The highest BCUT2D eigenvalue weighted by molar-refractivity contribution is 7.71. The summed E-state index contributed by atoms with van der Waals surface area (Å²) in [6.07, 6.45) is 5.38. The summed E-state index contributed by atoms with van der Waals surface area (Å²) in [5.41, 5.74) is 3.77. The highest BCUT2D eigenvalue weighted by atomic mass is 32.1. The van der Waals surface area contributed by atoms with Crippen molar-refractivity contribution in [2.75, 3.05) is 31.5 Å². The van der Waals surface area contributed by atoms with E-state index < -0.39 is 0 Å². The summed E-state index contributed by atoms with van der Waals surface area (Å²) in [7, 11) is 3.21. The van der Waals surface area contributed by atoms with Crippen LogP contribution in [0.25, 0.3) is 5.69 Å². The molecule has 30 heavy (non-hydrogen) atoms. The minimum absolute atomic E-state index is 0.288. The van der Waals surface area contributed by atoms with E-state index in [4.69, 9.17) is 17.0 Å². The van der Waals surface area contributed by atoms with Crippen LogP contribution >= 0.6 is 12.2 Å². The molecule has 0 spiro atoms. The number of esters is 1. The van der Waals surface area contributed by atoms with E-state index in [9.17, 15) is 4.79 Å². The van der Waals surface area contributed by atoms with Crippen LogP contribution in [-0.4, -0.2) is 41.6 Å². The van der Waals surface area contributed by atoms with Crippen molar-refractivity contribution in [3.63, 3.8) is 0 Å². The number of rotatable bonds is 9. The van der Waals surface area contributed by atoms with Crippen LogP contribution in [0.1, 0.15) is 5.56 Å². The Kier molecular flexibility index (Phi) is 7.23. The average molecular weight is 426 g/mol. The first-order chi connectivity index (χ1) is 14.6. The molecule has 3 rings (SSSR count). The average Bonchev–Trinajstić information content (AvgIpc) is 3.20. The molecule has 0 saturated carbocycles. The highest BCUT2D eigenvalue weighted by Crippen LogP contribution is 2.23. The number of aromatic amines is 1. The largest absolute Gasteiger partial charge is 0.473 e. The van der Waals surface area contributed by atoms with Gasteiger partial charge >= 0.3 is 5.97 Å². The van der Waals surface area contributed by atoms with Crippen LogP contribution in [0, 0.1) is 4.77 Å². The molecule has 9 heteroatoms. The number of nitrogens with zero attached hydrogens (tertiary/aromatic N) is 2. The lowest BCUT2D eigenvalue weighted by Crippen LogP contribution is -2.09. The molecule has 8 nitrogen and oxygen atoms in total. The standard InChI is InChI=1S/C21H23N5O3S/c1-22-19-10-9-18(11-15(19)5-3-8-20(27)28-2)29-14-23-16-6-4-7-17(12-16)26-13-24-25-21(26)30/h3-4,6-13,22-23H,5,14H2,1-2H3,(H,25,30)/b8-3+. The number of carbonyl (C=O) groups excluding carboxylic acids is 1. The van der Waals surface area contributed by atoms with E-state index in [0.29, 0.717) is 11.2 Å². The van der Waals surface area contributed by atoms with Crippen molar-refractivity contribution >= 4 is 29.6 Å². The molecule has 156 valence electrons. The van der Waals surface area contributed by atoms with Gasteiger partial charge in [0.25, 0.3) is 0 Å². The van der Waals surface area contributed by atoms with E-state index in [0.717, 1.165) is 28.4 Å². The Morgan fingerprint density at radius 3 is 2.90 bits per heavy atom. The molecule has 0 aliphatic heterocycles. The molecule has 2 aromatic carbocycles. The van der Waals surface area contributed by atoms with Crippen LogP contribution in [-0.2, 0) is 16.0 Å². The second-order valence-electron chi connectivity index (χ2n) is 6.25. The third-order valence-corrected chi connectivity index (χ3v) is 4.62. The van der Waals surface area contributed by atoms with Gasteiger partial charge in [0.2, 0.25) is 0 Å². The van der Waals surface area contributed by atoms with Crippen molar-refractivity contribution in [3.05, 3.63) is 71.3 Å². The minimum atomic E-state index is -0.378. The van der Waals surface area contributed by atoms with E-state index >= 15 is 0 Å². The number of carbonyl (C=O) groups is 1. The number of methoxy groups -OCH3 is 1. The fourth-order valence-corrected chi connectivity index (χ4v) is 3.03. The zero-order valence-electron chi connectivity index (χ0n) is 16.7. The number of hydrogen-bond acceptors (Lipinski definition) is 7. The Morgan fingerprint density at radius 2 is 2.17 bits per heavy atom. The Labute approximate surface area is 179 Å². The van der Waals surface area contributed by atoms with Crippen molar-refractivity contribution in [3.8, 4) is 11.4 Å². The maximum atomic E-state index is 11.2. The summed E-state index contributed by atoms with van der Waals surface area (Å²) in [4.78, 5) is 11.2. The highest BCUT2D eigenvalue weighted by Gasteiger charge is 2.04. The number of allylic oxidation sites excluding steroid dienone is 1. The Balaban J connectivity index is 1.63. The van der Waals surface area contributed by atoms with Crippen molar-refractivity contribution in [1.29, 1.82) is 0 Å². The molecule has 0 atom stereocenters.